The normalized spacial score (nSPS) is 10.2. The third-order valence-corrected chi connectivity index (χ3v) is 3.56. The van der Waals surface area contributed by atoms with Crippen LogP contribution in [-0.2, 0) is 30.4 Å². The summed E-state index contributed by atoms with van der Waals surface area (Å²) in [6.45, 7) is 3.60. The number of benzene rings is 2. The minimum absolute atomic E-state index is 0.101. The third kappa shape index (κ3) is 6.12. The molecule has 0 saturated heterocycles. The second-order valence-electron chi connectivity index (χ2n) is 5.59. The smallest absolute Gasteiger partial charge is 0.359 e. The molecule has 0 amide bonds. The highest BCUT2D eigenvalue weighted by Gasteiger charge is 2.31. The van der Waals surface area contributed by atoms with E-state index in [0.29, 0.717) is 5.56 Å². The van der Waals surface area contributed by atoms with Crippen molar-refractivity contribution in [3.05, 3.63) is 65.7 Å². The fourth-order valence-corrected chi connectivity index (χ4v) is 2.24. The van der Waals surface area contributed by atoms with Gasteiger partial charge in [0.2, 0.25) is 0 Å². The molecule has 0 radical (unpaired) electrons. The third-order valence-electron chi connectivity index (χ3n) is 3.56. The Balaban J connectivity index is 2.00. The first kappa shape index (κ1) is 21.0. The van der Waals surface area contributed by atoms with Crippen LogP contribution in [0.25, 0.3) is 0 Å². The molecule has 7 nitrogen and oxygen atoms in total. The van der Waals surface area contributed by atoms with Crippen molar-refractivity contribution in [3.8, 4) is 5.75 Å². The molecule has 0 heterocycles. The lowest BCUT2D eigenvalue weighted by molar-refractivity contribution is -0.166. The Kier molecular flexibility index (Phi) is 8.02. The Morgan fingerprint density at radius 3 is 1.89 bits per heavy atom. The van der Waals surface area contributed by atoms with Crippen LogP contribution < -0.4 is 4.74 Å². The van der Waals surface area contributed by atoms with Crippen molar-refractivity contribution in [1.29, 1.82) is 0 Å². The average molecular weight is 386 g/mol. The summed E-state index contributed by atoms with van der Waals surface area (Å²) in [4.78, 5) is 36.0. The van der Waals surface area contributed by atoms with E-state index in [0.717, 1.165) is 5.56 Å². The van der Waals surface area contributed by atoms with E-state index in [2.05, 4.69) is 0 Å². The SMILES string of the molecule is CCOC(=O)C(Oc1ccc(C(=O)OCc2ccccc2)cc1)C(=O)OCC. The molecule has 0 aromatic heterocycles. The van der Waals surface area contributed by atoms with Gasteiger partial charge in [-0.25, -0.2) is 14.4 Å². The van der Waals surface area contributed by atoms with Crippen LogP contribution in [-0.4, -0.2) is 37.2 Å². The molecule has 0 unspecified atom stereocenters. The van der Waals surface area contributed by atoms with Gasteiger partial charge >= 0.3 is 17.9 Å². The Morgan fingerprint density at radius 2 is 1.36 bits per heavy atom. The first-order valence-electron chi connectivity index (χ1n) is 8.86. The lowest BCUT2D eigenvalue weighted by Gasteiger charge is -2.16. The minimum atomic E-state index is -1.53. The molecule has 2 rings (SSSR count). The molecule has 2 aromatic rings. The predicted molar refractivity (Wildman–Crippen MR) is 99.7 cm³/mol. The topological polar surface area (TPSA) is 88.1 Å². The lowest BCUT2D eigenvalue weighted by Crippen LogP contribution is -2.38. The zero-order valence-electron chi connectivity index (χ0n) is 15.8. The van der Waals surface area contributed by atoms with Gasteiger partial charge in [0.15, 0.2) is 0 Å². The molecule has 0 saturated carbocycles. The van der Waals surface area contributed by atoms with Gasteiger partial charge in [-0.2, -0.15) is 0 Å². The van der Waals surface area contributed by atoms with Crippen molar-refractivity contribution in [1.82, 2.24) is 0 Å². The van der Waals surface area contributed by atoms with Crippen molar-refractivity contribution in [2.24, 2.45) is 0 Å². The molecule has 0 bridgehead atoms. The van der Waals surface area contributed by atoms with Crippen molar-refractivity contribution in [2.75, 3.05) is 13.2 Å². The molecule has 0 fully saturated rings. The number of carbonyl (C=O) groups excluding carboxylic acids is 3. The van der Waals surface area contributed by atoms with E-state index < -0.39 is 24.0 Å². The van der Waals surface area contributed by atoms with Crippen molar-refractivity contribution in [3.63, 3.8) is 0 Å². The summed E-state index contributed by atoms with van der Waals surface area (Å²) in [5, 5.41) is 0. The van der Waals surface area contributed by atoms with E-state index in [1.54, 1.807) is 13.8 Å². The first-order chi connectivity index (χ1) is 13.5. The van der Waals surface area contributed by atoms with Crippen LogP contribution in [0.4, 0.5) is 0 Å². The second-order valence-corrected chi connectivity index (χ2v) is 5.59. The highest BCUT2D eigenvalue weighted by molar-refractivity contribution is 5.98. The van der Waals surface area contributed by atoms with Crippen LogP contribution in [0.3, 0.4) is 0 Å². The number of carbonyl (C=O) groups is 3. The maximum absolute atomic E-state index is 12.1. The minimum Gasteiger partial charge on any atom is -0.467 e. The monoisotopic (exact) mass is 386 g/mol. The van der Waals surface area contributed by atoms with E-state index in [-0.39, 0.29) is 25.6 Å². The molecule has 0 aliphatic heterocycles. The van der Waals surface area contributed by atoms with Gasteiger partial charge in [-0.3, -0.25) is 0 Å². The second kappa shape index (κ2) is 10.7. The molecule has 0 aliphatic rings. The summed E-state index contributed by atoms with van der Waals surface area (Å²) in [6.07, 6.45) is -1.53. The Hall–Kier alpha value is -3.35. The first-order valence-corrected chi connectivity index (χ1v) is 8.86. The molecule has 0 spiro atoms. The van der Waals surface area contributed by atoms with Gasteiger partial charge in [0.1, 0.15) is 12.4 Å². The van der Waals surface area contributed by atoms with Gasteiger partial charge in [-0.1, -0.05) is 30.3 Å². The number of ether oxygens (including phenoxy) is 4. The van der Waals surface area contributed by atoms with Gasteiger partial charge in [-0.05, 0) is 43.7 Å². The molecule has 0 atom stereocenters. The van der Waals surface area contributed by atoms with Crippen LogP contribution in [0.1, 0.15) is 29.8 Å². The van der Waals surface area contributed by atoms with E-state index in [1.165, 1.54) is 24.3 Å². The number of rotatable bonds is 9. The summed E-state index contributed by atoms with van der Waals surface area (Å²) in [6, 6.07) is 15.2. The molecule has 28 heavy (non-hydrogen) atoms. The average Bonchev–Trinajstić information content (AvgIpc) is 2.71. The largest absolute Gasteiger partial charge is 0.467 e. The number of esters is 3. The van der Waals surface area contributed by atoms with E-state index in [1.807, 2.05) is 30.3 Å². The number of hydrogen-bond acceptors (Lipinski definition) is 7. The summed E-state index contributed by atoms with van der Waals surface area (Å²) in [7, 11) is 0. The predicted octanol–water partition coefficient (Wildman–Crippen LogP) is 2.92. The van der Waals surface area contributed by atoms with Crippen LogP contribution >= 0.6 is 0 Å². The number of hydrogen-bond donors (Lipinski definition) is 0. The quantitative estimate of drug-likeness (QED) is 0.372. The molecule has 148 valence electrons. The molecular weight excluding hydrogens is 364 g/mol. The molecule has 7 heteroatoms. The van der Waals surface area contributed by atoms with Gasteiger partial charge in [0, 0.05) is 0 Å². The van der Waals surface area contributed by atoms with E-state index in [4.69, 9.17) is 18.9 Å². The standard InChI is InChI=1S/C21H22O7/c1-3-25-20(23)18(21(24)26-4-2)28-17-12-10-16(11-13-17)19(22)27-14-15-8-6-5-7-9-15/h5-13,18H,3-4,14H2,1-2H3. The maximum Gasteiger partial charge on any atom is 0.359 e. The van der Waals surface area contributed by atoms with E-state index >= 15 is 0 Å². The van der Waals surface area contributed by atoms with Gasteiger partial charge < -0.3 is 18.9 Å². The highest BCUT2D eigenvalue weighted by Crippen LogP contribution is 2.16. The highest BCUT2D eigenvalue weighted by atomic mass is 16.6. The summed E-state index contributed by atoms with van der Waals surface area (Å²) >= 11 is 0. The van der Waals surface area contributed by atoms with Crippen LogP contribution in [0.2, 0.25) is 0 Å². The zero-order valence-corrected chi connectivity index (χ0v) is 15.8. The molecular formula is C21H22O7. The molecule has 0 N–H and O–H groups in total. The van der Waals surface area contributed by atoms with Gasteiger partial charge in [-0.15, -0.1) is 0 Å². The summed E-state index contributed by atoms with van der Waals surface area (Å²) in [5.41, 5.74) is 1.19. The Labute approximate surface area is 163 Å². The fourth-order valence-electron chi connectivity index (χ4n) is 2.24. The molecule has 0 aliphatic carbocycles. The van der Waals surface area contributed by atoms with E-state index in [9.17, 15) is 14.4 Å². The maximum atomic E-state index is 12.1. The van der Waals surface area contributed by atoms with Crippen LogP contribution in [0.15, 0.2) is 54.6 Å². The van der Waals surface area contributed by atoms with Crippen molar-refractivity contribution >= 4 is 17.9 Å². The Morgan fingerprint density at radius 1 is 0.786 bits per heavy atom. The van der Waals surface area contributed by atoms with Crippen LogP contribution in [0.5, 0.6) is 5.75 Å². The lowest BCUT2D eigenvalue weighted by atomic mass is 10.2. The summed E-state index contributed by atoms with van der Waals surface area (Å²) in [5.74, 6) is -1.96. The van der Waals surface area contributed by atoms with Gasteiger partial charge in [0.05, 0.1) is 18.8 Å². The van der Waals surface area contributed by atoms with Crippen LogP contribution in [0, 0.1) is 0 Å². The van der Waals surface area contributed by atoms with Crippen molar-refractivity contribution in [2.45, 2.75) is 26.6 Å². The van der Waals surface area contributed by atoms with Crippen molar-refractivity contribution < 1.29 is 33.3 Å². The fraction of sp³-hybridized carbons (Fsp3) is 0.286. The van der Waals surface area contributed by atoms with Gasteiger partial charge in [0.25, 0.3) is 6.10 Å². The summed E-state index contributed by atoms with van der Waals surface area (Å²) < 4.78 is 20.3. The Bertz CT molecular complexity index is 766. The molecule has 2 aromatic carbocycles. The zero-order chi connectivity index (χ0) is 20.4.